The molecular formula is C13H20O5S. The van der Waals surface area contributed by atoms with Crippen LogP contribution < -0.4 is 18.9 Å². The standard InChI is InChI=1S/C13H20O5S/c1-14-11-8-10(18-5-4-17-6-7-19)9-12(15-2)13(11)16-3/h8-9,19H,4-7H2,1-3H3. The Morgan fingerprint density at radius 2 is 1.53 bits per heavy atom. The maximum Gasteiger partial charge on any atom is 0.203 e. The average Bonchev–Trinajstić information content (AvgIpc) is 2.45. The van der Waals surface area contributed by atoms with Crippen molar-refractivity contribution >= 4 is 12.6 Å². The Bertz CT molecular complexity index is 358. The summed E-state index contributed by atoms with van der Waals surface area (Å²) in [5.74, 6) is 3.01. The maximum atomic E-state index is 5.57. The van der Waals surface area contributed by atoms with Crippen molar-refractivity contribution in [3.05, 3.63) is 12.1 Å². The molecule has 1 rings (SSSR count). The molecule has 0 atom stereocenters. The Labute approximate surface area is 119 Å². The van der Waals surface area contributed by atoms with Crippen LogP contribution in [0.5, 0.6) is 23.0 Å². The van der Waals surface area contributed by atoms with Crippen molar-refractivity contribution in [2.24, 2.45) is 0 Å². The summed E-state index contributed by atoms with van der Waals surface area (Å²) in [6.45, 7) is 1.57. The van der Waals surface area contributed by atoms with Crippen molar-refractivity contribution in [1.29, 1.82) is 0 Å². The zero-order chi connectivity index (χ0) is 14.1. The molecule has 0 radical (unpaired) electrons. The van der Waals surface area contributed by atoms with Crippen LogP contribution in [-0.4, -0.2) is 46.9 Å². The molecule has 0 unspecified atom stereocenters. The number of methoxy groups -OCH3 is 3. The molecule has 0 spiro atoms. The number of thiol groups is 1. The van der Waals surface area contributed by atoms with Crippen LogP contribution in [0.4, 0.5) is 0 Å². The predicted molar refractivity (Wildman–Crippen MR) is 76.3 cm³/mol. The summed E-state index contributed by atoms with van der Waals surface area (Å²) in [4.78, 5) is 0. The first-order valence-corrected chi connectivity index (χ1v) is 6.51. The van der Waals surface area contributed by atoms with Crippen molar-refractivity contribution in [3.8, 4) is 23.0 Å². The molecule has 0 aliphatic rings. The van der Waals surface area contributed by atoms with Gasteiger partial charge in [0.05, 0.1) is 34.5 Å². The van der Waals surface area contributed by atoms with Gasteiger partial charge in [-0.1, -0.05) is 0 Å². The van der Waals surface area contributed by atoms with Gasteiger partial charge in [0.15, 0.2) is 11.5 Å². The van der Waals surface area contributed by atoms with Crippen LogP contribution in [0.15, 0.2) is 12.1 Å². The zero-order valence-corrected chi connectivity index (χ0v) is 12.4. The second-order valence-corrected chi connectivity index (χ2v) is 3.99. The first kappa shape index (κ1) is 15.8. The normalized spacial score (nSPS) is 10.1. The zero-order valence-electron chi connectivity index (χ0n) is 11.5. The van der Waals surface area contributed by atoms with Gasteiger partial charge in [-0.2, -0.15) is 12.6 Å². The molecule has 0 N–H and O–H groups in total. The summed E-state index contributed by atoms with van der Waals surface area (Å²) in [5.41, 5.74) is 0. The van der Waals surface area contributed by atoms with Crippen molar-refractivity contribution in [2.75, 3.05) is 46.9 Å². The molecular weight excluding hydrogens is 268 g/mol. The third-order valence-electron chi connectivity index (χ3n) is 2.37. The Hall–Kier alpha value is -1.27. The summed E-state index contributed by atoms with van der Waals surface area (Å²) in [6.07, 6.45) is 0. The van der Waals surface area contributed by atoms with Crippen LogP contribution >= 0.6 is 12.6 Å². The molecule has 0 aliphatic carbocycles. The number of hydrogen-bond donors (Lipinski definition) is 1. The Balaban J connectivity index is 2.68. The molecule has 0 heterocycles. The van der Waals surface area contributed by atoms with Gasteiger partial charge < -0.3 is 23.7 Å². The van der Waals surface area contributed by atoms with Crippen LogP contribution in [0.2, 0.25) is 0 Å². The van der Waals surface area contributed by atoms with E-state index >= 15 is 0 Å². The van der Waals surface area contributed by atoms with E-state index in [9.17, 15) is 0 Å². The molecule has 0 bridgehead atoms. The number of rotatable bonds is 9. The van der Waals surface area contributed by atoms with Gasteiger partial charge in [0.1, 0.15) is 12.4 Å². The van der Waals surface area contributed by atoms with E-state index in [-0.39, 0.29) is 0 Å². The van der Waals surface area contributed by atoms with Crippen LogP contribution in [0.3, 0.4) is 0 Å². The SMILES string of the molecule is COc1cc(OCCOCCS)cc(OC)c1OC. The third kappa shape index (κ3) is 4.72. The lowest BCUT2D eigenvalue weighted by atomic mass is 10.2. The number of benzene rings is 1. The molecule has 0 amide bonds. The summed E-state index contributed by atoms with van der Waals surface area (Å²) < 4.78 is 26.6. The maximum absolute atomic E-state index is 5.57. The lowest BCUT2D eigenvalue weighted by molar-refractivity contribution is 0.112. The fourth-order valence-corrected chi connectivity index (χ4v) is 1.65. The van der Waals surface area contributed by atoms with E-state index in [2.05, 4.69) is 12.6 Å². The highest BCUT2D eigenvalue weighted by atomic mass is 32.1. The van der Waals surface area contributed by atoms with Gasteiger partial charge in [0.25, 0.3) is 0 Å². The molecule has 0 aromatic heterocycles. The van der Waals surface area contributed by atoms with Crippen molar-refractivity contribution in [2.45, 2.75) is 0 Å². The van der Waals surface area contributed by atoms with Crippen LogP contribution in [-0.2, 0) is 4.74 Å². The van der Waals surface area contributed by atoms with Crippen LogP contribution in [0, 0.1) is 0 Å². The van der Waals surface area contributed by atoms with Gasteiger partial charge in [-0.25, -0.2) is 0 Å². The molecule has 0 saturated carbocycles. The van der Waals surface area contributed by atoms with E-state index in [0.29, 0.717) is 48.6 Å². The molecule has 108 valence electrons. The smallest absolute Gasteiger partial charge is 0.203 e. The first-order chi connectivity index (χ1) is 9.26. The highest BCUT2D eigenvalue weighted by Crippen LogP contribution is 2.40. The van der Waals surface area contributed by atoms with Gasteiger partial charge in [-0.15, -0.1) is 0 Å². The predicted octanol–water partition coefficient (Wildman–Crippen LogP) is 2.04. The van der Waals surface area contributed by atoms with E-state index in [1.54, 1.807) is 33.5 Å². The molecule has 19 heavy (non-hydrogen) atoms. The Morgan fingerprint density at radius 1 is 0.895 bits per heavy atom. The van der Waals surface area contributed by atoms with Crippen LogP contribution in [0.1, 0.15) is 0 Å². The Kier molecular flexibility index (Phi) is 7.28. The van der Waals surface area contributed by atoms with E-state index in [4.69, 9.17) is 23.7 Å². The molecule has 6 heteroatoms. The van der Waals surface area contributed by atoms with E-state index in [1.807, 2.05) is 0 Å². The number of hydrogen-bond acceptors (Lipinski definition) is 6. The van der Waals surface area contributed by atoms with Gasteiger partial charge in [0.2, 0.25) is 5.75 Å². The summed E-state index contributed by atoms with van der Waals surface area (Å²) in [5, 5.41) is 0. The summed E-state index contributed by atoms with van der Waals surface area (Å²) in [7, 11) is 4.69. The average molecular weight is 288 g/mol. The van der Waals surface area contributed by atoms with Crippen molar-refractivity contribution in [3.63, 3.8) is 0 Å². The number of ether oxygens (including phenoxy) is 5. The summed E-state index contributed by atoms with van der Waals surface area (Å²) in [6, 6.07) is 3.50. The van der Waals surface area contributed by atoms with Crippen molar-refractivity contribution < 1.29 is 23.7 Å². The quantitative estimate of drug-likeness (QED) is 0.556. The second kappa shape index (κ2) is 8.77. The molecule has 0 aliphatic heterocycles. The fourth-order valence-electron chi connectivity index (χ4n) is 1.53. The highest BCUT2D eigenvalue weighted by Gasteiger charge is 2.13. The van der Waals surface area contributed by atoms with Gasteiger partial charge in [-0.05, 0) is 0 Å². The summed E-state index contributed by atoms with van der Waals surface area (Å²) >= 11 is 4.05. The van der Waals surface area contributed by atoms with E-state index < -0.39 is 0 Å². The van der Waals surface area contributed by atoms with E-state index in [1.165, 1.54) is 0 Å². The minimum atomic E-state index is 0.451. The largest absolute Gasteiger partial charge is 0.493 e. The lowest BCUT2D eigenvalue weighted by Gasteiger charge is -2.14. The van der Waals surface area contributed by atoms with Gasteiger partial charge in [-0.3, -0.25) is 0 Å². The molecule has 0 fully saturated rings. The topological polar surface area (TPSA) is 46.2 Å². The van der Waals surface area contributed by atoms with Gasteiger partial charge >= 0.3 is 0 Å². The highest BCUT2D eigenvalue weighted by molar-refractivity contribution is 7.80. The Morgan fingerprint density at radius 3 is 2.00 bits per heavy atom. The third-order valence-corrected chi connectivity index (χ3v) is 2.55. The molecule has 5 nitrogen and oxygen atoms in total. The first-order valence-electron chi connectivity index (χ1n) is 5.88. The molecule has 1 aromatic carbocycles. The van der Waals surface area contributed by atoms with Crippen LogP contribution in [0.25, 0.3) is 0 Å². The monoisotopic (exact) mass is 288 g/mol. The van der Waals surface area contributed by atoms with Gasteiger partial charge in [0, 0.05) is 17.9 Å². The molecule has 0 saturated heterocycles. The van der Waals surface area contributed by atoms with Crippen molar-refractivity contribution in [1.82, 2.24) is 0 Å². The lowest BCUT2D eigenvalue weighted by Crippen LogP contribution is -2.08. The molecule has 1 aromatic rings. The minimum absolute atomic E-state index is 0.451. The second-order valence-electron chi connectivity index (χ2n) is 3.55. The van der Waals surface area contributed by atoms with E-state index in [0.717, 1.165) is 0 Å². The minimum Gasteiger partial charge on any atom is -0.493 e. The fraction of sp³-hybridized carbons (Fsp3) is 0.538.